The molecule has 0 spiro atoms. The maximum absolute atomic E-state index is 9.43. The second-order valence-corrected chi connectivity index (χ2v) is 3.98. The maximum Gasteiger partial charge on any atom is 0.0809 e. The molecule has 1 heterocycles. The van der Waals surface area contributed by atoms with Crippen LogP contribution in [0.3, 0.4) is 0 Å². The van der Waals surface area contributed by atoms with Gasteiger partial charge in [0.25, 0.3) is 0 Å². The van der Waals surface area contributed by atoms with Gasteiger partial charge in [-0.1, -0.05) is 13.8 Å². The van der Waals surface area contributed by atoms with Crippen LogP contribution in [-0.4, -0.2) is 37.1 Å². The van der Waals surface area contributed by atoms with Gasteiger partial charge in [0.15, 0.2) is 0 Å². The molecular formula is C10H20O3. The van der Waals surface area contributed by atoms with E-state index in [0.717, 1.165) is 19.4 Å². The molecule has 0 saturated carbocycles. The summed E-state index contributed by atoms with van der Waals surface area (Å²) in [5, 5.41) is 9.43. The Morgan fingerprint density at radius 3 is 2.85 bits per heavy atom. The van der Waals surface area contributed by atoms with Gasteiger partial charge in [-0.2, -0.15) is 0 Å². The van der Waals surface area contributed by atoms with Gasteiger partial charge in [0.2, 0.25) is 0 Å². The fourth-order valence-electron chi connectivity index (χ4n) is 1.29. The molecule has 1 saturated heterocycles. The Morgan fingerprint density at radius 1 is 1.54 bits per heavy atom. The van der Waals surface area contributed by atoms with Gasteiger partial charge >= 0.3 is 0 Å². The van der Waals surface area contributed by atoms with Gasteiger partial charge in [-0.3, -0.25) is 0 Å². The van der Waals surface area contributed by atoms with Crippen molar-refractivity contribution in [2.24, 2.45) is 5.92 Å². The first kappa shape index (κ1) is 11.0. The smallest absolute Gasteiger partial charge is 0.0809 e. The molecule has 1 N–H and O–H groups in total. The van der Waals surface area contributed by atoms with E-state index in [9.17, 15) is 5.11 Å². The number of hydrogen-bond donors (Lipinski definition) is 1. The number of aliphatic hydroxyl groups is 1. The Kier molecular flexibility index (Phi) is 4.70. The highest BCUT2D eigenvalue weighted by atomic mass is 16.5. The van der Waals surface area contributed by atoms with Gasteiger partial charge in [-0.25, -0.2) is 0 Å². The number of hydrogen-bond acceptors (Lipinski definition) is 3. The van der Waals surface area contributed by atoms with Crippen molar-refractivity contribution in [2.45, 2.75) is 38.9 Å². The lowest BCUT2D eigenvalue weighted by Crippen LogP contribution is -2.24. The van der Waals surface area contributed by atoms with E-state index in [0.29, 0.717) is 13.2 Å². The average Bonchev–Trinajstić information content (AvgIpc) is 2.56. The molecule has 0 bridgehead atoms. The van der Waals surface area contributed by atoms with E-state index in [1.165, 1.54) is 0 Å². The second kappa shape index (κ2) is 5.58. The minimum atomic E-state index is -0.346. The van der Waals surface area contributed by atoms with Gasteiger partial charge in [-0.05, 0) is 18.8 Å². The van der Waals surface area contributed by atoms with E-state index in [1.807, 2.05) is 13.8 Å². The molecule has 1 rings (SSSR count). The molecule has 1 aliphatic heterocycles. The quantitative estimate of drug-likeness (QED) is 0.704. The highest BCUT2D eigenvalue weighted by molar-refractivity contribution is 4.64. The molecule has 3 heteroatoms. The lowest BCUT2D eigenvalue weighted by molar-refractivity contribution is -0.0285. The molecule has 78 valence electrons. The summed E-state index contributed by atoms with van der Waals surface area (Å²) in [7, 11) is 0. The van der Waals surface area contributed by atoms with Crippen molar-refractivity contribution in [3.63, 3.8) is 0 Å². The van der Waals surface area contributed by atoms with E-state index in [4.69, 9.17) is 9.47 Å². The minimum absolute atomic E-state index is 0.263. The number of rotatable bonds is 5. The highest BCUT2D eigenvalue weighted by Crippen LogP contribution is 2.12. The first-order valence-corrected chi connectivity index (χ1v) is 5.07. The van der Waals surface area contributed by atoms with Crippen LogP contribution in [0.2, 0.25) is 0 Å². The summed E-state index contributed by atoms with van der Waals surface area (Å²) in [4.78, 5) is 0. The van der Waals surface area contributed by atoms with Crippen LogP contribution in [0.1, 0.15) is 26.7 Å². The zero-order chi connectivity index (χ0) is 9.68. The van der Waals surface area contributed by atoms with E-state index in [2.05, 4.69) is 0 Å². The summed E-state index contributed by atoms with van der Waals surface area (Å²) in [6.45, 7) is 5.89. The van der Waals surface area contributed by atoms with Crippen molar-refractivity contribution in [3.05, 3.63) is 0 Å². The Morgan fingerprint density at radius 2 is 2.31 bits per heavy atom. The zero-order valence-corrected chi connectivity index (χ0v) is 8.53. The SMILES string of the molecule is CC(C)C(O)COCC1CCCO1. The van der Waals surface area contributed by atoms with Crippen LogP contribution in [0.25, 0.3) is 0 Å². The average molecular weight is 188 g/mol. The molecule has 2 unspecified atom stereocenters. The molecule has 13 heavy (non-hydrogen) atoms. The Labute approximate surface area is 80.0 Å². The van der Waals surface area contributed by atoms with Crippen LogP contribution in [-0.2, 0) is 9.47 Å². The summed E-state index contributed by atoms with van der Waals surface area (Å²) in [6.07, 6.45) is 2.15. The number of aliphatic hydroxyl groups excluding tert-OH is 1. The Balaban J connectivity index is 1.99. The Hall–Kier alpha value is -0.120. The topological polar surface area (TPSA) is 38.7 Å². The van der Waals surface area contributed by atoms with Crippen molar-refractivity contribution in [1.82, 2.24) is 0 Å². The zero-order valence-electron chi connectivity index (χ0n) is 8.53. The van der Waals surface area contributed by atoms with Gasteiger partial charge in [0.05, 0.1) is 25.4 Å². The predicted octanol–water partition coefficient (Wildman–Crippen LogP) is 1.20. The van der Waals surface area contributed by atoms with Gasteiger partial charge in [-0.15, -0.1) is 0 Å². The lowest BCUT2D eigenvalue weighted by Gasteiger charge is -2.16. The summed E-state index contributed by atoms with van der Waals surface area (Å²) in [5.74, 6) is 0.268. The first-order valence-electron chi connectivity index (χ1n) is 5.07. The van der Waals surface area contributed by atoms with Crippen LogP contribution in [0.5, 0.6) is 0 Å². The molecule has 1 fully saturated rings. The third-order valence-corrected chi connectivity index (χ3v) is 2.39. The molecular weight excluding hydrogens is 168 g/mol. The summed E-state index contributed by atoms with van der Waals surface area (Å²) in [6, 6.07) is 0. The molecule has 1 aliphatic rings. The molecule has 0 amide bonds. The molecule has 3 nitrogen and oxygen atoms in total. The van der Waals surface area contributed by atoms with E-state index in [1.54, 1.807) is 0 Å². The maximum atomic E-state index is 9.43. The Bertz CT molecular complexity index is 128. The molecule has 0 radical (unpaired) electrons. The fraction of sp³-hybridized carbons (Fsp3) is 1.00. The van der Waals surface area contributed by atoms with Gasteiger partial charge in [0, 0.05) is 6.61 Å². The molecule has 0 aromatic rings. The summed E-state index contributed by atoms with van der Waals surface area (Å²) in [5.41, 5.74) is 0. The molecule has 0 aromatic carbocycles. The first-order chi connectivity index (χ1) is 6.20. The summed E-state index contributed by atoms with van der Waals surface area (Å²) >= 11 is 0. The monoisotopic (exact) mass is 188 g/mol. The third-order valence-electron chi connectivity index (χ3n) is 2.39. The van der Waals surface area contributed by atoms with Crippen molar-refractivity contribution in [1.29, 1.82) is 0 Å². The van der Waals surface area contributed by atoms with Crippen LogP contribution in [0, 0.1) is 5.92 Å². The second-order valence-electron chi connectivity index (χ2n) is 3.98. The van der Waals surface area contributed by atoms with Crippen LogP contribution < -0.4 is 0 Å². The van der Waals surface area contributed by atoms with Crippen molar-refractivity contribution in [3.8, 4) is 0 Å². The van der Waals surface area contributed by atoms with Crippen LogP contribution in [0.15, 0.2) is 0 Å². The molecule has 0 aromatic heterocycles. The fourth-order valence-corrected chi connectivity index (χ4v) is 1.29. The highest BCUT2D eigenvalue weighted by Gasteiger charge is 2.16. The van der Waals surface area contributed by atoms with Gasteiger partial charge < -0.3 is 14.6 Å². The third kappa shape index (κ3) is 4.07. The largest absolute Gasteiger partial charge is 0.390 e. The predicted molar refractivity (Wildman–Crippen MR) is 50.6 cm³/mol. The standard InChI is InChI=1S/C10H20O3/c1-8(2)10(11)7-12-6-9-4-3-5-13-9/h8-11H,3-7H2,1-2H3. The lowest BCUT2D eigenvalue weighted by atomic mass is 10.1. The van der Waals surface area contributed by atoms with Crippen LogP contribution in [0.4, 0.5) is 0 Å². The van der Waals surface area contributed by atoms with E-state index < -0.39 is 0 Å². The number of ether oxygens (including phenoxy) is 2. The summed E-state index contributed by atoms with van der Waals surface area (Å²) < 4.78 is 10.8. The minimum Gasteiger partial charge on any atom is -0.390 e. The van der Waals surface area contributed by atoms with Crippen molar-refractivity contribution >= 4 is 0 Å². The van der Waals surface area contributed by atoms with E-state index in [-0.39, 0.29) is 18.1 Å². The van der Waals surface area contributed by atoms with Crippen LogP contribution >= 0.6 is 0 Å². The van der Waals surface area contributed by atoms with Crippen molar-refractivity contribution in [2.75, 3.05) is 19.8 Å². The van der Waals surface area contributed by atoms with Crippen molar-refractivity contribution < 1.29 is 14.6 Å². The molecule has 0 aliphatic carbocycles. The van der Waals surface area contributed by atoms with Gasteiger partial charge in [0.1, 0.15) is 0 Å². The van der Waals surface area contributed by atoms with E-state index >= 15 is 0 Å². The normalized spacial score (nSPS) is 25.4. The molecule has 2 atom stereocenters.